The standard InChI is InChI=1S/C24H26N2O3/c1-28-17-12-13-19(23(14-17)29-2)22-15-20(18-10-6-7-11-21(18)26-22)24(27)25-16-8-4-3-5-9-16/h6-7,10-16H,3-5,8-9H2,1-2H3,(H,25,27). The average Bonchev–Trinajstić information content (AvgIpc) is 2.78. The summed E-state index contributed by atoms with van der Waals surface area (Å²) in [5, 5.41) is 4.09. The molecule has 1 aromatic heterocycles. The van der Waals surface area contributed by atoms with E-state index < -0.39 is 0 Å². The number of fused-ring (bicyclic) bond motifs is 1. The topological polar surface area (TPSA) is 60.5 Å². The number of aromatic nitrogens is 1. The van der Waals surface area contributed by atoms with Gasteiger partial charge < -0.3 is 14.8 Å². The van der Waals surface area contributed by atoms with Gasteiger partial charge in [-0.15, -0.1) is 0 Å². The molecule has 5 heteroatoms. The third-order valence-corrected chi connectivity index (χ3v) is 5.59. The Morgan fingerprint density at radius 1 is 1.00 bits per heavy atom. The summed E-state index contributed by atoms with van der Waals surface area (Å²) in [6.07, 6.45) is 5.71. The Kier molecular flexibility index (Phi) is 5.65. The highest BCUT2D eigenvalue weighted by Crippen LogP contribution is 2.34. The number of pyridine rings is 1. The minimum absolute atomic E-state index is 0.0378. The maximum atomic E-state index is 13.2. The molecule has 0 unspecified atom stereocenters. The molecule has 1 saturated carbocycles. The Morgan fingerprint density at radius 3 is 2.55 bits per heavy atom. The average molecular weight is 390 g/mol. The fourth-order valence-corrected chi connectivity index (χ4v) is 4.02. The van der Waals surface area contributed by atoms with Crippen molar-refractivity contribution in [2.24, 2.45) is 0 Å². The van der Waals surface area contributed by atoms with Gasteiger partial charge in [-0.2, -0.15) is 0 Å². The molecule has 1 aliphatic carbocycles. The maximum absolute atomic E-state index is 13.2. The number of para-hydroxylation sites is 1. The molecule has 1 amide bonds. The zero-order chi connectivity index (χ0) is 20.2. The SMILES string of the molecule is COc1ccc(-c2cc(C(=O)NC3CCCCC3)c3ccccc3n2)c(OC)c1. The summed E-state index contributed by atoms with van der Waals surface area (Å²) < 4.78 is 10.9. The number of nitrogens with one attached hydrogen (secondary N) is 1. The van der Waals surface area contributed by atoms with Crippen molar-refractivity contribution in [1.29, 1.82) is 0 Å². The van der Waals surface area contributed by atoms with Crippen LogP contribution in [0.3, 0.4) is 0 Å². The zero-order valence-electron chi connectivity index (χ0n) is 16.9. The molecule has 29 heavy (non-hydrogen) atoms. The molecular weight excluding hydrogens is 364 g/mol. The second-order valence-electron chi connectivity index (χ2n) is 7.45. The lowest BCUT2D eigenvalue weighted by atomic mass is 9.95. The largest absolute Gasteiger partial charge is 0.497 e. The highest BCUT2D eigenvalue weighted by Gasteiger charge is 2.20. The van der Waals surface area contributed by atoms with Gasteiger partial charge in [0.1, 0.15) is 11.5 Å². The molecule has 1 N–H and O–H groups in total. The van der Waals surface area contributed by atoms with Gasteiger partial charge >= 0.3 is 0 Å². The van der Waals surface area contributed by atoms with Crippen molar-refractivity contribution in [1.82, 2.24) is 10.3 Å². The van der Waals surface area contributed by atoms with Gasteiger partial charge in [-0.3, -0.25) is 4.79 Å². The van der Waals surface area contributed by atoms with Crippen LogP contribution in [0.25, 0.3) is 22.2 Å². The molecule has 0 bridgehead atoms. The molecule has 150 valence electrons. The van der Waals surface area contributed by atoms with E-state index in [-0.39, 0.29) is 11.9 Å². The molecule has 0 atom stereocenters. The summed E-state index contributed by atoms with van der Waals surface area (Å²) in [5.41, 5.74) is 2.97. The van der Waals surface area contributed by atoms with Crippen LogP contribution in [0.1, 0.15) is 42.5 Å². The smallest absolute Gasteiger partial charge is 0.252 e. The number of methoxy groups -OCH3 is 2. The Balaban J connectivity index is 1.78. The van der Waals surface area contributed by atoms with Gasteiger partial charge in [0.25, 0.3) is 5.91 Å². The monoisotopic (exact) mass is 390 g/mol. The minimum atomic E-state index is -0.0378. The lowest BCUT2D eigenvalue weighted by molar-refractivity contribution is 0.0929. The van der Waals surface area contributed by atoms with Crippen LogP contribution in [0.4, 0.5) is 0 Å². The lowest BCUT2D eigenvalue weighted by Crippen LogP contribution is -2.36. The number of nitrogens with zero attached hydrogens (tertiary/aromatic N) is 1. The number of carbonyl (C=O) groups excluding carboxylic acids is 1. The van der Waals surface area contributed by atoms with Crippen LogP contribution in [-0.4, -0.2) is 31.2 Å². The third-order valence-electron chi connectivity index (χ3n) is 5.59. The summed E-state index contributed by atoms with van der Waals surface area (Å²) in [6.45, 7) is 0. The van der Waals surface area contributed by atoms with Gasteiger partial charge in [0, 0.05) is 23.1 Å². The molecule has 2 aromatic carbocycles. The Morgan fingerprint density at radius 2 is 1.79 bits per heavy atom. The first-order valence-electron chi connectivity index (χ1n) is 10.1. The fraction of sp³-hybridized carbons (Fsp3) is 0.333. The van der Waals surface area contributed by atoms with Crippen molar-refractivity contribution in [3.05, 3.63) is 54.1 Å². The van der Waals surface area contributed by atoms with Crippen molar-refractivity contribution >= 4 is 16.8 Å². The molecule has 1 fully saturated rings. The molecule has 3 aromatic rings. The first-order valence-corrected chi connectivity index (χ1v) is 10.1. The quantitative estimate of drug-likeness (QED) is 0.667. The maximum Gasteiger partial charge on any atom is 0.252 e. The first-order chi connectivity index (χ1) is 14.2. The van der Waals surface area contributed by atoms with Crippen LogP contribution in [0.15, 0.2) is 48.5 Å². The van der Waals surface area contributed by atoms with Crippen molar-refractivity contribution in [3.8, 4) is 22.8 Å². The fourth-order valence-electron chi connectivity index (χ4n) is 4.02. The zero-order valence-corrected chi connectivity index (χ0v) is 16.9. The van der Waals surface area contributed by atoms with E-state index in [1.54, 1.807) is 14.2 Å². The summed E-state index contributed by atoms with van der Waals surface area (Å²) in [5.74, 6) is 1.33. The van der Waals surface area contributed by atoms with Gasteiger partial charge in [0.15, 0.2) is 0 Å². The van der Waals surface area contributed by atoms with Gasteiger partial charge in [0.05, 0.1) is 31.0 Å². The summed E-state index contributed by atoms with van der Waals surface area (Å²) >= 11 is 0. The molecule has 0 aliphatic heterocycles. The van der Waals surface area contributed by atoms with E-state index >= 15 is 0 Å². The first kappa shape index (κ1) is 19.2. The number of carbonyl (C=O) groups is 1. The van der Waals surface area contributed by atoms with Gasteiger partial charge in [0.2, 0.25) is 0 Å². The van der Waals surface area contributed by atoms with Crippen molar-refractivity contribution in [3.63, 3.8) is 0 Å². The summed E-state index contributed by atoms with van der Waals surface area (Å²) in [4.78, 5) is 18.0. The molecule has 1 aliphatic rings. The Hall–Kier alpha value is -3.08. The number of amides is 1. The normalized spacial score (nSPS) is 14.6. The van der Waals surface area contributed by atoms with E-state index in [9.17, 15) is 4.79 Å². The second-order valence-corrected chi connectivity index (χ2v) is 7.45. The Bertz CT molecular complexity index is 1030. The number of hydrogen-bond donors (Lipinski definition) is 1. The van der Waals surface area contributed by atoms with Crippen molar-refractivity contribution < 1.29 is 14.3 Å². The van der Waals surface area contributed by atoms with E-state index in [4.69, 9.17) is 14.5 Å². The van der Waals surface area contributed by atoms with Crippen molar-refractivity contribution in [2.75, 3.05) is 14.2 Å². The predicted molar refractivity (Wildman–Crippen MR) is 115 cm³/mol. The molecule has 0 spiro atoms. The van der Waals surface area contributed by atoms with E-state index in [2.05, 4.69) is 5.32 Å². The molecule has 0 radical (unpaired) electrons. The highest BCUT2D eigenvalue weighted by molar-refractivity contribution is 6.07. The molecule has 1 heterocycles. The van der Waals surface area contributed by atoms with E-state index in [1.165, 1.54) is 19.3 Å². The molecular formula is C24H26N2O3. The van der Waals surface area contributed by atoms with Crippen LogP contribution in [0.5, 0.6) is 11.5 Å². The number of hydrogen-bond acceptors (Lipinski definition) is 4. The minimum Gasteiger partial charge on any atom is -0.497 e. The van der Waals surface area contributed by atoms with Crippen molar-refractivity contribution in [2.45, 2.75) is 38.1 Å². The molecule has 5 nitrogen and oxygen atoms in total. The van der Waals surface area contributed by atoms with Gasteiger partial charge in [-0.1, -0.05) is 37.5 Å². The van der Waals surface area contributed by atoms with Crippen LogP contribution in [-0.2, 0) is 0 Å². The summed E-state index contributed by atoms with van der Waals surface area (Å²) in [7, 11) is 3.24. The van der Waals surface area contributed by atoms with E-state index in [1.807, 2.05) is 48.5 Å². The third kappa shape index (κ3) is 4.04. The van der Waals surface area contributed by atoms with E-state index in [0.717, 1.165) is 29.3 Å². The molecule has 4 rings (SSSR count). The van der Waals surface area contributed by atoms with Gasteiger partial charge in [-0.25, -0.2) is 4.98 Å². The van der Waals surface area contributed by atoms with Gasteiger partial charge in [-0.05, 0) is 37.1 Å². The number of benzene rings is 2. The van der Waals surface area contributed by atoms with Crippen LogP contribution in [0.2, 0.25) is 0 Å². The molecule has 0 saturated heterocycles. The Labute approximate surface area is 171 Å². The predicted octanol–water partition coefficient (Wildman–Crippen LogP) is 4.98. The van der Waals surface area contributed by atoms with E-state index in [0.29, 0.717) is 22.8 Å². The summed E-state index contributed by atoms with van der Waals surface area (Å²) in [6, 6.07) is 15.5. The second kappa shape index (κ2) is 8.52. The van der Waals surface area contributed by atoms with Crippen LogP contribution < -0.4 is 14.8 Å². The van der Waals surface area contributed by atoms with Crippen LogP contribution in [0, 0.1) is 0 Å². The number of ether oxygens (including phenoxy) is 2. The lowest BCUT2D eigenvalue weighted by Gasteiger charge is -2.23. The highest BCUT2D eigenvalue weighted by atomic mass is 16.5. The van der Waals surface area contributed by atoms with Crippen LogP contribution >= 0.6 is 0 Å². The number of rotatable bonds is 5.